The summed E-state index contributed by atoms with van der Waals surface area (Å²) in [6.45, 7) is 7.52. The second-order valence-corrected chi connectivity index (χ2v) is 6.54. The van der Waals surface area contributed by atoms with Gasteiger partial charge >= 0.3 is 5.97 Å². The summed E-state index contributed by atoms with van der Waals surface area (Å²) < 4.78 is 10.6. The maximum Gasteiger partial charge on any atom is 0.338 e. The molecule has 0 unspecified atom stereocenters. The van der Waals surface area contributed by atoms with E-state index < -0.39 is 16.9 Å². The highest BCUT2D eigenvalue weighted by Gasteiger charge is 2.35. The van der Waals surface area contributed by atoms with E-state index in [1.54, 1.807) is 19.1 Å². The Morgan fingerprint density at radius 2 is 2.11 bits per heavy atom. The molecule has 1 aliphatic heterocycles. The van der Waals surface area contributed by atoms with Crippen molar-refractivity contribution in [2.45, 2.75) is 33.2 Å². The molecule has 0 aliphatic carbocycles. The van der Waals surface area contributed by atoms with Gasteiger partial charge < -0.3 is 19.7 Å². The molecule has 1 N–H and O–H groups in total. The van der Waals surface area contributed by atoms with E-state index in [0.29, 0.717) is 41.7 Å². The molecule has 0 amide bonds. The Morgan fingerprint density at radius 1 is 1.36 bits per heavy atom. The zero-order chi connectivity index (χ0) is 20.7. The Bertz CT molecular complexity index is 781. The van der Waals surface area contributed by atoms with Crippen molar-refractivity contribution in [1.82, 2.24) is 10.2 Å². The lowest BCUT2D eigenvalue weighted by molar-refractivity contribution is -0.384. The summed E-state index contributed by atoms with van der Waals surface area (Å²) in [5.74, 6) is -0.471. The SMILES string of the molecule is CCOCCCN1C(=S)N[C@H](c2cccc([N+](=O)[O-])c2)C(C(=O)OCC)=C1C. The monoisotopic (exact) mass is 407 g/mol. The molecule has 0 bridgehead atoms. The average Bonchev–Trinajstić information content (AvgIpc) is 2.67. The fourth-order valence-electron chi connectivity index (χ4n) is 3.06. The summed E-state index contributed by atoms with van der Waals surface area (Å²) in [7, 11) is 0. The van der Waals surface area contributed by atoms with E-state index in [1.807, 2.05) is 18.7 Å². The quantitative estimate of drug-likeness (QED) is 0.219. The van der Waals surface area contributed by atoms with Gasteiger partial charge in [0.25, 0.3) is 5.69 Å². The number of nitro benzene ring substituents is 1. The summed E-state index contributed by atoms with van der Waals surface area (Å²) in [5, 5.41) is 14.7. The molecule has 1 aromatic rings. The van der Waals surface area contributed by atoms with Crippen LogP contribution in [0.4, 0.5) is 5.69 Å². The minimum atomic E-state index is -0.616. The summed E-state index contributed by atoms with van der Waals surface area (Å²) in [4.78, 5) is 25.2. The van der Waals surface area contributed by atoms with Gasteiger partial charge in [0.05, 0.1) is 23.1 Å². The van der Waals surface area contributed by atoms with Crippen molar-refractivity contribution >= 4 is 29.0 Å². The summed E-state index contributed by atoms with van der Waals surface area (Å²) in [5.41, 5.74) is 1.60. The van der Waals surface area contributed by atoms with Crippen LogP contribution in [0.2, 0.25) is 0 Å². The predicted molar refractivity (Wildman–Crippen MR) is 109 cm³/mol. The lowest BCUT2D eigenvalue weighted by atomic mass is 9.94. The van der Waals surface area contributed by atoms with E-state index in [1.165, 1.54) is 12.1 Å². The van der Waals surface area contributed by atoms with Crippen LogP contribution in [0.5, 0.6) is 0 Å². The normalized spacial score (nSPS) is 16.8. The second kappa shape index (κ2) is 10.1. The zero-order valence-electron chi connectivity index (χ0n) is 16.3. The molecule has 0 saturated heterocycles. The van der Waals surface area contributed by atoms with E-state index in [4.69, 9.17) is 21.7 Å². The standard InChI is InChI=1S/C19H25N3O5S/c1-4-26-11-7-10-21-13(3)16(18(23)27-5-2)17(20-19(21)28)14-8-6-9-15(12-14)22(24)25/h6,8-9,12,17H,4-5,7,10-11H2,1-3H3,(H,20,28)/t17-/m1/s1. The zero-order valence-corrected chi connectivity index (χ0v) is 17.1. The number of hydrogen-bond donors (Lipinski definition) is 1. The minimum absolute atomic E-state index is 0.0507. The molecule has 28 heavy (non-hydrogen) atoms. The average molecular weight is 407 g/mol. The maximum atomic E-state index is 12.7. The molecule has 1 atom stereocenters. The fourth-order valence-corrected chi connectivity index (χ4v) is 3.41. The van der Waals surface area contributed by atoms with Crippen molar-refractivity contribution in [3.05, 3.63) is 51.2 Å². The molecule has 9 heteroatoms. The van der Waals surface area contributed by atoms with E-state index in [9.17, 15) is 14.9 Å². The molecule has 0 spiro atoms. The Labute approximate surface area is 169 Å². The molecular weight excluding hydrogens is 382 g/mol. The largest absolute Gasteiger partial charge is 0.463 e. The number of nitro groups is 1. The lowest BCUT2D eigenvalue weighted by Gasteiger charge is -2.37. The number of allylic oxidation sites excluding steroid dienone is 1. The van der Waals surface area contributed by atoms with E-state index in [-0.39, 0.29) is 12.3 Å². The van der Waals surface area contributed by atoms with Crippen molar-refractivity contribution in [2.24, 2.45) is 0 Å². The first kappa shape index (κ1) is 21.8. The number of nitrogens with zero attached hydrogens (tertiary/aromatic N) is 2. The van der Waals surface area contributed by atoms with Crippen LogP contribution in [0, 0.1) is 10.1 Å². The number of carbonyl (C=O) groups excluding carboxylic acids is 1. The van der Waals surface area contributed by atoms with Gasteiger partial charge in [-0.05, 0) is 45.0 Å². The number of benzene rings is 1. The Kier molecular flexibility index (Phi) is 7.89. The molecule has 8 nitrogen and oxygen atoms in total. The van der Waals surface area contributed by atoms with Crippen molar-refractivity contribution in [2.75, 3.05) is 26.4 Å². The summed E-state index contributed by atoms with van der Waals surface area (Å²) in [6, 6.07) is 5.55. The van der Waals surface area contributed by atoms with Crippen LogP contribution in [0.3, 0.4) is 0 Å². The van der Waals surface area contributed by atoms with Gasteiger partial charge in [-0.1, -0.05) is 12.1 Å². The number of hydrogen-bond acceptors (Lipinski definition) is 6. The Morgan fingerprint density at radius 3 is 2.75 bits per heavy atom. The van der Waals surface area contributed by atoms with Gasteiger partial charge in [-0.15, -0.1) is 0 Å². The Hall–Kier alpha value is -2.52. The number of rotatable bonds is 9. The van der Waals surface area contributed by atoms with Crippen LogP contribution in [-0.4, -0.2) is 47.3 Å². The number of non-ortho nitro benzene ring substituents is 1. The minimum Gasteiger partial charge on any atom is -0.463 e. The highest BCUT2D eigenvalue weighted by atomic mass is 32.1. The van der Waals surface area contributed by atoms with Gasteiger partial charge in [-0.25, -0.2) is 4.79 Å². The molecule has 0 fully saturated rings. The van der Waals surface area contributed by atoms with Gasteiger partial charge in [0, 0.05) is 37.6 Å². The molecule has 0 aromatic heterocycles. The lowest BCUT2D eigenvalue weighted by Crippen LogP contribution is -2.48. The first-order valence-corrected chi connectivity index (χ1v) is 9.59. The van der Waals surface area contributed by atoms with Crippen molar-refractivity contribution in [1.29, 1.82) is 0 Å². The van der Waals surface area contributed by atoms with E-state index in [0.717, 1.165) is 6.42 Å². The molecule has 1 aliphatic rings. The third-order valence-electron chi connectivity index (χ3n) is 4.38. The molecule has 152 valence electrons. The van der Waals surface area contributed by atoms with E-state index in [2.05, 4.69) is 5.32 Å². The van der Waals surface area contributed by atoms with Crippen LogP contribution in [-0.2, 0) is 14.3 Å². The third kappa shape index (κ3) is 5.05. The topological polar surface area (TPSA) is 93.9 Å². The van der Waals surface area contributed by atoms with Crippen LogP contribution < -0.4 is 5.32 Å². The molecule has 0 radical (unpaired) electrons. The number of ether oxygens (including phenoxy) is 2. The number of nitrogens with one attached hydrogen (secondary N) is 1. The molecule has 2 rings (SSSR count). The fraction of sp³-hybridized carbons (Fsp3) is 0.474. The summed E-state index contributed by atoms with van der Waals surface area (Å²) in [6.07, 6.45) is 0.741. The van der Waals surface area contributed by atoms with Crippen LogP contribution in [0.1, 0.15) is 38.8 Å². The van der Waals surface area contributed by atoms with Crippen LogP contribution >= 0.6 is 12.2 Å². The molecule has 1 aromatic carbocycles. The third-order valence-corrected chi connectivity index (χ3v) is 4.72. The molecule has 0 saturated carbocycles. The molecule has 1 heterocycles. The molecular formula is C19H25N3O5S. The number of esters is 1. The summed E-state index contributed by atoms with van der Waals surface area (Å²) >= 11 is 5.50. The van der Waals surface area contributed by atoms with Gasteiger partial charge in [0.1, 0.15) is 0 Å². The van der Waals surface area contributed by atoms with Gasteiger partial charge in [-0.3, -0.25) is 10.1 Å². The van der Waals surface area contributed by atoms with Gasteiger partial charge in [0.2, 0.25) is 0 Å². The highest BCUT2D eigenvalue weighted by Crippen LogP contribution is 2.32. The highest BCUT2D eigenvalue weighted by molar-refractivity contribution is 7.80. The van der Waals surface area contributed by atoms with Gasteiger partial charge in [-0.2, -0.15) is 0 Å². The van der Waals surface area contributed by atoms with Crippen molar-refractivity contribution in [3.8, 4) is 0 Å². The Balaban J connectivity index is 2.41. The number of thiocarbonyl (C=S) groups is 1. The first-order chi connectivity index (χ1) is 13.4. The van der Waals surface area contributed by atoms with Crippen molar-refractivity contribution < 1.29 is 19.2 Å². The van der Waals surface area contributed by atoms with Crippen LogP contribution in [0.25, 0.3) is 0 Å². The predicted octanol–water partition coefficient (Wildman–Crippen LogP) is 3.09. The second-order valence-electron chi connectivity index (χ2n) is 6.16. The smallest absolute Gasteiger partial charge is 0.338 e. The maximum absolute atomic E-state index is 12.7. The first-order valence-electron chi connectivity index (χ1n) is 9.18. The number of carbonyl (C=O) groups is 1. The van der Waals surface area contributed by atoms with Crippen molar-refractivity contribution in [3.63, 3.8) is 0 Å². The van der Waals surface area contributed by atoms with E-state index >= 15 is 0 Å². The van der Waals surface area contributed by atoms with Gasteiger partial charge in [0.15, 0.2) is 5.11 Å². The van der Waals surface area contributed by atoms with Crippen LogP contribution in [0.15, 0.2) is 35.5 Å².